The van der Waals surface area contributed by atoms with Gasteiger partial charge in [0.1, 0.15) is 10.5 Å². The van der Waals surface area contributed by atoms with Crippen molar-refractivity contribution in [1.29, 1.82) is 0 Å². The number of thiophene rings is 1. The molecule has 4 rings (SSSR count). The third-order valence-corrected chi connectivity index (χ3v) is 6.39. The van der Waals surface area contributed by atoms with Gasteiger partial charge in [0.05, 0.1) is 18.1 Å². The van der Waals surface area contributed by atoms with E-state index in [0.717, 1.165) is 26.9 Å². The van der Waals surface area contributed by atoms with Crippen molar-refractivity contribution in [3.8, 4) is 0 Å². The first-order chi connectivity index (χ1) is 13.9. The molecule has 4 heterocycles. The Bertz CT molecular complexity index is 1390. The van der Waals surface area contributed by atoms with Crippen molar-refractivity contribution in [2.75, 3.05) is 7.11 Å². The van der Waals surface area contributed by atoms with E-state index in [2.05, 4.69) is 9.97 Å². The minimum atomic E-state index is -0.583. The number of aromatic amines is 1. The quantitative estimate of drug-likeness (QED) is 0.519. The van der Waals surface area contributed by atoms with Crippen LogP contribution in [0.4, 0.5) is 0 Å². The molecular formula is C20H20N4O4S. The summed E-state index contributed by atoms with van der Waals surface area (Å²) in [7, 11) is 2.71. The minimum absolute atomic E-state index is 0.230. The molecule has 1 N–H and O–H groups in total. The highest BCUT2D eigenvalue weighted by molar-refractivity contribution is 7.19. The van der Waals surface area contributed by atoms with Crippen LogP contribution in [0.1, 0.15) is 33.4 Å². The predicted octanol–water partition coefficient (Wildman–Crippen LogP) is 2.34. The molecule has 0 radical (unpaired) electrons. The molecule has 9 heteroatoms. The van der Waals surface area contributed by atoms with Gasteiger partial charge in [0.25, 0.3) is 5.56 Å². The number of pyridine rings is 1. The maximum Gasteiger partial charge on any atom is 0.339 e. The molecule has 0 spiro atoms. The van der Waals surface area contributed by atoms with Crippen LogP contribution in [0, 0.1) is 6.92 Å². The maximum absolute atomic E-state index is 12.9. The van der Waals surface area contributed by atoms with E-state index in [1.54, 1.807) is 6.20 Å². The van der Waals surface area contributed by atoms with Gasteiger partial charge in [0, 0.05) is 42.2 Å². The van der Waals surface area contributed by atoms with E-state index in [4.69, 9.17) is 4.74 Å². The van der Waals surface area contributed by atoms with Gasteiger partial charge in [-0.05, 0) is 31.5 Å². The maximum atomic E-state index is 12.9. The van der Waals surface area contributed by atoms with Crippen LogP contribution in [-0.2, 0) is 24.8 Å². The van der Waals surface area contributed by atoms with Crippen molar-refractivity contribution in [3.05, 3.63) is 60.9 Å². The molecule has 0 saturated carbocycles. The average molecular weight is 412 g/mol. The van der Waals surface area contributed by atoms with Gasteiger partial charge in [-0.3, -0.25) is 13.9 Å². The molecule has 0 bridgehead atoms. The van der Waals surface area contributed by atoms with Crippen LogP contribution in [0.2, 0.25) is 0 Å². The first-order valence-electron chi connectivity index (χ1n) is 9.14. The van der Waals surface area contributed by atoms with Crippen molar-refractivity contribution in [2.45, 2.75) is 26.8 Å². The number of carbonyl (C=O) groups is 1. The average Bonchev–Trinajstić information content (AvgIpc) is 3.24. The second-order valence-electron chi connectivity index (χ2n) is 6.77. The lowest BCUT2D eigenvalue weighted by Crippen LogP contribution is -2.37. The molecule has 0 aliphatic heterocycles. The molecule has 0 saturated heterocycles. The van der Waals surface area contributed by atoms with E-state index in [-0.39, 0.29) is 10.9 Å². The summed E-state index contributed by atoms with van der Waals surface area (Å²) in [5.74, 6) is -0.583. The summed E-state index contributed by atoms with van der Waals surface area (Å²) < 4.78 is 7.54. The zero-order valence-electron chi connectivity index (χ0n) is 16.5. The van der Waals surface area contributed by atoms with E-state index >= 15 is 0 Å². The smallest absolute Gasteiger partial charge is 0.339 e. The van der Waals surface area contributed by atoms with E-state index in [1.807, 2.05) is 26.0 Å². The Kier molecular flexibility index (Phi) is 4.62. The van der Waals surface area contributed by atoms with Gasteiger partial charge in [-0.25, -0.2) is 14.6 Å². The molecule has 0 unspecified atom stereocenters. The number of hydrogen-bond acceptors (Lipinski definition) is 6. The molecule has 4 aromatic heterocycles. The molecule has 4 aromatic rings. The molecule has 0 aromatic carbocycles. The molecule has 8 nitrogen and oxygen atoms in total. The zero-order chi connectivity index (χ0) is 20.9. The summed E-state index contributed by atoms with van der Waals surface area (Å²) in [6, 6.07) is 3.82. The number of nitrogens with zero attached hydrogens (tertiary/aromatic N) is 3. The van der Waals surface area contributed by atoms with Crippen LogP contribution in [-0.4, -0.2) is 32.2 Å². The number of aromatic nitrogens is 4. The molecule has 0 amide bonds. The SMILES string of the molecule is CCn1c(=O)n(C)c(=O)c2c(C(=O)OC)c(Cc3c(C)[nH]c4ncccc34)sc21. The summed E-state index contributed by atoms with van der Waals surface area (Å²) in [4.78, 5) is 46.9. The predicted molar refractivity (Wildman–Crippen MR) is 112 cm³/mol. The van der Waals surface area contributed by atoms with E-state index in [0.29, 0.717) is 22.7 Å². The lowest BCUT2D eigenvalue weighted by atomic mass is 10.0. The first-order valence-corrected chi connectivity index (χ1v) is 9.96. The number of esters is 1. The molecule has 0 aliphatic rings. The van der Waals surface area contributed by atoms with Gasteiger partial charge in [-0.2, -0.15) is 0 Å². The number of fused-ring (bicyclic) bond motifs is 2. The highest BCUT2D eigenvalue weighted by Gasteiger charge is 2.26. The number of hydrogen-bond donors (Lipinski definition) is 1. The number of nitrogens with one attached hydrogen (secondary N) is 1. The van der Waals surface area contributed by atoms with Crippen LogP contribution in [0.25, 0.3) is 21.3 Å². The Balaban J connectivity index is 2.05. The highest BCUT2D eigenvalue weighted by atomic mass is 32.1. The van der Waals surface area contributed by atoms with Crippen molar-refractivity contribution in [3.63, 3.8) is 0 Å². The van der Waals surface area contributed by atoms with E-state index in [9.17, 15) is 14.4 Å². The van der Waals surface area contributed by atoms with Crippen LogP contribution in [0.3, 0.4) is 0 Å². The Hall–Kier alpha value is -3.20. The summed E-state index contributed by atoms with van der Waals surface area (Å²) in [5, 5.41) is 1.19. The lowest BCUT2D eigenvalue weighted by molar-refractivity contribution is 0.0602. The monoisotopic (exact) mass is 412 g/mol. The van der Waals surface area contributed by atoms with E-state index in [1.165, 1.54) is 30.1 Å². The summed E-state index contributed by atoms with van der Waals surface area (Å²) in [6.45, 7) is 4.17. The normalized spacial score (nSPS) is 11.4. The summed E-state index contributed by atoms with van der Waals surface area (Å²) >= 11 is 1.29. The molecule has 0 aliphatic carbocycles. The topological polar surface area (TPSA) is 99.0 Å². The summed E-state index contributed by atoms with van der Waals surface area (Å²) in [6.07, 6.45) is 2.13. The molecule has 0 fully saturated rings. The van der Waals surface area contributed by atoms with Crippen molar-refractivity contribution in [2.24, 2.45) is 7.05 Å². The minimum Gasteiger partial charge on any atom is -0.465 e. The largest absolute Gasteiger partial charge is 0.465 e. The fourth-order valence-electron chi connectivity index (χ4n) is 3.69. The van der Waals surface area contributed by atoms with Gasteiger partial charge >= 0.3 is 11.7 Å². The highest BCUT2D eigenvalue weighted by Crippen LogP contribution is 2.33. The Morgan fingerprint density at radius 2 is 2.10 bits per heavy atom. The van der Waals surface area contributed by atoms with Gasteiger partial charge in [-0.15, -0.1) is 11.3 Å². The van der Waals surface area contributed by atoms with Crippen molar-refractivity contribution >= 4 is 38.6 Å². The number of rotatable bonds is 4. The number of H-pyrrole nitrogens is 1. The third kappa shape index (κ3) is 2.80. The second-order valence-corrected chi connectivity index (χ2v) is 7.85. The van der Waals surface area contributed by atoms with Crippen LogP contribution >= 0.6 is 11.3 Å². The van der Waals surface area contributed by atoms with Gasteiger partial charge in [-0.1, -0.05) is 0 Å². The van der Waals surface area contributed by atoms with Gasteiger partial charge in [0.15, 0.2) is 0 Å². The first kappa shape index (κ1) is 19.1. The molecule has 29 heavy (non-hydrogen) atoms. The van der Waals surface area contributed by atoms with Crippen LogP contribution in [0.5, 0.6) is 0 Å². The number of ether oxygens (including phenoxy) is 1. The number of carbonyl (C=O) groups excluding carboxylic acids is 1. The molecule has 150 valence electrons. The Morgan fingerprint density at radius 1 is 1.34 bits per heavy atom. The third-order valence-electron chi connectivity index (χ3n) is 5.18. The standard InChI is InChI=1S/C20H20N4O4S/c1-5-24-18-15(17(25)23(3)20(24)27)14(19(26)28-4)13(29-18)9-12-10(2)22-16-11(12)7-6-8-21-16/h6-8H,5,9H2,1-4H3,(H,21,22). The fourth-order valence-corrected chi connectivity index (χ4v) is 5.04. The summed E-state index contributed by atoms with van der Waals surface area (Å²) in [5.41, 5.74) is 2.03. The van der Waals surface area contributed by atoms with Gasteiger partial charge < -0.3 is 9.72 Å². The molecule has 0 atom stereocenters. The Morgan fingerprint density at radius 3 is 2.79 bits per heavy atom. The Labute approximate surface area is 169 Å². The van der Waals surface area contributed by atoms with Crippen LogP contribution in [0.15, 0.2) is 27.9 Å². The van der Waals surface area contributed by atoms with Crippen molar-refractivity contribution < 1.29 is 9.53 Å². The lowest BCUT2D eigenvalue weighted by Gasteiger charge is -2.07. The van der Waals surface area contributed by atoms with Crippen molar-refractivity contribution in [1.82, 2.24) is 19.1 Å². The van der Waals surface area contributed by atoms with Crippen LogP contribution < -0.4 is 11.2 Å². The zero-order valence-corrected chi connectivity index (χ0v) is 17.3. The number of aryl methyl sites for hydroxylation is 2. The fraction of sp³-hybridized carbons (Fsp3) is 0.300. The van der Waals surface area contributed by atoms with E-state index < -0.39 is 17.2 Å². The van der Waals surface area contributed by atoms with Gasteiger partial charge in [0.2, 0.25) is 0 Å². The second kappa shape index (κ2) is 7.00. The molecular weight excluding hydrogens is 392 g/mol. The number of methoxy groups -OCH3 is 1.